The molecule has 0 aliphatic carbocycles. The molecule has 4 rings (SSSR count). The Labute approximate surface area is 222 Å². The first-order valence-corrected chi connectivity index (χ1v) is 12.5. The van der Waals surface area contributed by atoms with E-state index in [1.165, 1.54) is 6.07 Å². The number of halogens is 1. The Balaban J connectivity index is 1.72. The van der Waals surface area contributed by atoms with Crippen LogP contribution in [0.1, 0.15) is 65.5 Å². The lowest BCUT2D eigenvalue weighted by Gasteiger charge is -2.37. The number of fused-ring (bicyclic) bond motifs is 2. The summed E-state index contributed by atoms with van der Waals surface area (Å²) in [5.74, 6) is -1.02. The number of amides is 3. The van der Waals surface area contributed by atoms with Gasteiger partial charge in [0.2, 0.25) is 17.7 Å². The van der Waals surface area contributed by atoms with E-state index in [1.54, 1.807) is 44.3 Å². The zero-order chi connectivity index (χ0) is 27.8. The Morgan fingerprint density at radius 1 is 1.03 bits per heavy atom. The Bertz CT molecular complexity index is 1360. The molecule has 0 spiro atoms. The number of carbonyl (C=O) groups excluding carboxylic acids is 2. The third-order valence-corrected chi connectivity index (χ3v) is 6.12. The van der Waals surface area contributed by atoms with Crippen LogP contribution in [0.5, 0.6) is 17.5 Å². The second-order valence-electron chi connectivity index (χ2n) is 11.2. The summed E-state index contributed by atoms with van der Waals surface area (Å²) in [4.78, 5) is 34.9. The molecule has 1 atom stereocenters. The van der Waals surface area contributed by atoms with Crippen LogP contribution in [-0.4, -0.2) is 33.5 Å². The van der Waals surface area contributed by atoms with Crippen LogP contribution in [0, 0.1) is 11.2 Å². The van der Waals surface area contributed by atoms with Crippen molar-refractivity contribution in [1.29, 1.82) is 0 Å². The molecule has 38 heavy (non-hydrogen) atoms. The van der Waals surface area contributed by atoms with Crippen LogP contribution in [0.3, 0.4) is 0 Å². The van der Waals surface area contributed by atoms with Crippen LogP contribution in [0.25, 0.3) is 11.3 Å². The van der Waals surface area contributed by atoms with E-state index in [1.807, 2.05) is 46.8 Å². The van der Waals surface area contributed by atoms with Gasteiger partial charge in [0.25, 0.3) is 0 Å². The Morgan fingerprint density at radius 3 is 2.39 bits per heavy atom. The van der Waals surface area contributed by atoms with Crippen molar-refractivity contribution in [3.8, 4) is 28.8 Å². The number of hydrogen-bond acceptors (Lipinski definition) is 6. The number of benzene rings is 1. The van der Waals surface area contributed by atoms with Crippen molar-refractivity contribution in [2.24, 2.45) is 5.41 Å². The molecule has 0 unspecified atom stereocenters. The zero-order valence-electron chi connectivity index (χ0n) is 22.7. The molecule has 9 heteroatoms. The van der Waals surface area contributed by atoms with Crippen molar-refractivity contribution in [3.05, 3.63) is 65.6 Å². The number of nitrogens with one attached hydrogen (secondary N) is 2. The maximum absolute atomic E-state index is 15.0. The summed E-state index contributed by atoms with van der Waals surface area (Å²) in [5.41, 5.74) is 0.703. The van der Waals surface area contributed by atoms with Gasteiger partial charge < -0.3 is 14.8 Å². The number of rotatable bonds is 5. The van der Waals surface area contributed by atoms with Crippen LogP contribution in [0.4, 0.5) is 9.18 Å². The van der Waals surface area contributed by atoms with E-state index in [0.717, 1.165) is 5.56 Å². The molecular weight excluding hydrogens is 487 g/mol. The van der Waals surface area contributed by atoms with E-state index in [0.29, 0.717) is 22.7 Å². The number of pyridine rings is 2. The minimum absolute atomic E-state index is 0.00407. The van der Waals surface area contributed by atoms with E-state index in [2.05, 4.69) is 20.6 Å². The summed E-state index contributed by atoms with van der Waals surface area (Å²) in [5, 5.41) is 5.17. The Morgan fingerprint density at radius 2 is 1.76 bits per heavy atom. The smallest absolute Gasteiger partial charge is 0.321 e. The first-order chi connectivity index (χ1) is 17.8. The van der Waals surface area contributed by atoms with Crippen LogP contribution >= 0.6 is 0 Å². The maximum atomic E-state index is 15.0. The van der Waals surface area contributed by atoms with Crippen LogP contribution < -0.4 is 20.1 Å². The van der Waals surface area contributed by atoms with Gasteiger partial charge in [-0.3, -0.25) is 10.1 Å². The highest BCUT2D eigenvalue weighted by atomic mass is 19.1. The van der Waals surface area contributed by atoms with Crippen LogP contribution in [-0.2, 0) is 4.79 Å². The topological polar surface area (TPSA) is 102 Å². The van der Waals surface area contributed by atoms with Crippen molar-refractivity contribution in [2.75, 3.05) is 0 Å². The molecule has 1 aliphatic rings. The van der Waals surface area contributed by atoms with Crippen molar-refractivity contribution >= 4 is 11.9 Å². The number of nitrogens with zero attached hydrogens (tertiary/aromatic N) is 2. The number of hydrogen-bond donors (Lipinski definition) is 2. The third-order valence-electron chi connectivity index (χ3n) is 6.12. The number of urea groups is 1. The fourth-order valence-corrected chi connectivity index (χ4v) is 4.43. The average molecular weight is 521 g/mol. The molecule has 3 aromatic rings. The van der Waals surface area contributed by atoms with Gasteiger partial charge in [-0.05, 0) is 52.8 Å². The molecule has 0 radical (unpaired) electrons. The zero-order valence-corrected chi connectivity index (χ0v) is 22.7. The fraction of sp³-hybridized carbons (Fsp3) is 0.379. The highest BCUT2D eigenvalue weighted by Gasteiger charge is 2.45. The van der Waals surface area contributed by atoms with Gasteiger partial charge in [0.1, 0.15) is 0 Å². The summed E-state index contributed by atoms with van der Waals surface area (Å²) in [6, 6.07) is 11.2. The van der Waals surface area contributed by atoms with Gasteiger partial charge in [-0.25, -0.2) is 19.2 Å². The largest absolute Gasteiger partial charge is 0.475 e. The maximum Gasteiger partial charge on any atom is 0.321 e. The van der Waals surface area contributed by atoms with E-state index in [-0.39, 0.29) is 17.7 Å². The van der Waals surface area contributed by atoms with Gasteiger partial charge in [-0.15, -0.1) is 0 Å². The predicted molar refractivity (Wildman–Crippen MR) is 142 cm³/mol. The van der Waals surface area contributed by atoms with Gasteiger partial charge in [0.05, 0.1) is 17.2 Å². The van der Waals surface area contributed by atoms with Gasteiger partial charge in [0, 0.05) is 40.4 Å². The lowest BCUT2D eigenvalue weighted by molar-refractivity contribution is -0.128. The SMILES string of the molecule is CC(C)Oc1ccc(-c2ccc3c(n2)Oc2c(F)cccc2[C@@H]3C(C)(C)C(=O)NC(=O)NC(C)(C)C)cn1. The van der Waals surface area contributed by atoms with Crippen LogP contribution in [0.2, 0.25) is 0 Å². The summed E-state index contributed by atoms with van der Waals surface area (Å²) < 4.78 is 26.5. The number of aromatic nitrogens is 2. The molecule has 2 aromatic heterocycles. The minimum Gasteiger partial charge on any atom is -0.475 e. The molecule has 200 valence electrons. The van der Waals surface area contributed by atoms with Gasteiger partial charge >= 0.3 is 6.03 Å². The molecule has 2 N–H and O–H groups in total. The number of carbonyl (C=O) groups is 2. The number of imide groups is 1. The summed E-state index contributed by atoms with van der Waals surface area (Å²) in [6.45, 7) is 12.7. The lowest BCUT2D eigenvalue weighted by Crippen LogP contribution is -2.52. The van der Waals surface area contributed by atoms with Crippen molar-refractivity contribution < 1.29 is 23.5 Å². The van der Waals surface area contributed by atoms with Crippen molar-refractivity contribution in [2.45, 2.75) is 66.0 Å². The molecule has 8 nitrogen and oxygen atoms in total. The Kier molecular flexibility index (Phi) is 7.14. The third kappa shape index (κ3) is 5.61. The summed E-state index contributed by atoms with van der Waals surface area (Å²) in [6.07, 6.45) is 1.64. The predicted octanol–water partition coefficient (Wildman–Crippen LogP) is 5.96. The van der Waals surface area contributed by atoms with Crippen LogP contribution in [0.15, 0.2) is 48.7 Å². The van der Waals surface area contributed by atoms with Gasteiger partial charge in [0.15, 0.2) is 11.6 Å². The highest BCUT2D eigenvalue weighted by molar-refractivity contribution is 5.98. The van der Waals surface area contributed by atoms with E-state index >= 15 is 0 Å². The molecular formula is C29H33FN4O4. The molecule has 3 amide bonds. The molecule has 0 bridgehead atoms. The molecule has 1 aliphatic heterocycles. The molecule has 0 fully saturated rings. The second kappa shape index (κ2) is 10.0. The molecule has 0 saturated heterocycles. The van der Waals surface area contributed by atoms with Crippen molar-refractivity contribution in [1.82, 2.24) is 20.6 Å². The molecule has 3 heterocycles. The van der Waals surface area contributed by atoms with Gasteiger partial charge in [-0.2, -0.15) is 0 Å². The number of ether oxygens (including phenoxy) is 2. The summed E-state index contributed by atoms with van der Waals surface area (Å²) >= 11 is 0. The quantitative estimate of drug-likeness (QED) is 0.431. The summed E-state index contributed by atoms with van der Waals surface area (Å²) in [7, 11) is 0. The normalized spacial score (nSPS) is 14.7. The highest BCUT2D eigenvalue weighted by Crippen LogP contribution is 2.52. The average Bonchev–Trinajstić information content (AvgIpc) is 2.81. The molecule has 0 saturated carbocycles. The van der Waals surface area contributed by atoms with Gasteiger partial charge in [-0.1, -0.05) is 32.0 Å². The van der Waals surface area contributed by atoms with E-state index in [9.17, 15) is 14.0 Å². The first-order valence-electron chi connectivity index (χ1n) is 12.5. The van der Waals surface area contributed by atoms with E-state index < -0.39 is 34.6 Å². The minimum atomic E-state index is -1.17. The monoisotopic (exact) mass is 520 g/mol. The molecule has 1 aromatic carbocycles. The Hall–Kier alpha value is -4.01. The second-order valence-corrected chi connectivity index (χ2v) is 11.2. The van der Waals surface area contributed by atoms with Crippen molar-refractivity contribution in [3.63, 3.8) is 0 Å². The fourth-order valence-electron chi connectivity index (χ4n) is 4.43. The lowest BCUT2D eigenvalue weighted by atomic mass is 9.69. The first kappa shape index (κ1) is 27.0. The van der Waals surface area contributed by atoms with E-state index in [4.69, 9.17) is 9.47 Å². The number of para-hydroxylation sites is 1. The standard InChI is InChI=1S/C29H33FN4O4/c1-16(2)37-22-14-11-17(15-31-22)21-13-12-19-23(18-9-8-10-20(30)24(18)38-25(19)32-21)29(6,7)26(35)33-27(36)34-28(3,4)5/h8-16,23H,1-7H3,(H2,33,34,35,36)/t23-/m0/s1.